The van der Waals surface area contributed by atoms with Gasteiger partial charge >= 0.3 is 0 Å². The minimum Gasteiger partial charge on any atom is -0.354 e. The smallest absolute Gasteiger partial charge is 0.187 e. The summed E-state index contributed by atoms with van der Waals surface area (Å²) in [6.07, 6.45) is 0. The normalized spacial score (nSPS) is 10.9. The summed E-state index contributed by atoms with van der Waals surface area (Å²) in [5.74, 6) is 0.671. The van der Waals surface area contributed by atoms with Gasteiger partial charge in [0.25, 0.3) is 0 Å². The largest absolute Gasteiger partial charge is 0.354 e. The number of rotatable bonds is 4. The Morgan fingerprint density at radius 2 is 1.65 bits per heavy atom. The van der Waals surface area contributed by atoms with Crippen LogP contribution in [0.2, 0.25) is 0 Å². The molecule has 0 spiro atoms. The number of thiazole rings is 1. The van der Waals surface area contributed by atoms with Gasteiger partial charge in [-0.05, 0) is 43.5 Å². The van der Waals surface area contributed by atoms with E-state index in [-0.39, 0.29) is 0 Å². The van der Waals surface area contributed by atoms with Crippen molar-refractivity contribution in [2.45, 2.75) is 20.8 Å². The molecule has 2 heterocycles. The van der Waals surface area contributed by atoms with E-state index in [9.17, 15) is 0 Å². The minimum absolute atomic E-state index is 0.671. The van der Waals surface area contributed by atoms with Gasteiger partial charge in [0, 0.05) is 22.7 Å². The highest BCUT2D eigenvalue weighted by Crippen LogP contribution is 2.31. The van der Waals surface area contributed by atoms with Crippen molar-refractivity contribution in [3.05, 3.63) is 70.6 Å². The Morgan fingerprint density at radius 1 is 0.885 bits per heavy atom. The zero-order valence-corrected chi connectivity index (χ0v) is 15.7. The highest BCUT2D eigenvalue weighted by molar-refractivity contribution is 7.14. The molecule has 0 atom stereocenters. The van der Waals surface area contributed by atoms with Gasteiger partial charge in [-0.3, -0.25) is 0 Å². The Labute approximate surface area is 156 Å². The Bertz CT molecular complexity index is 1050. The van der Waals surface area contributed by atoms with E-state index in [1.165, 1.54) is 16.7 Å². The van der Waals surface area contributed by atoms with Crippen molar-refractivity contribution < 1.29 is 4.52 Å². The molecule has 1 N–H and O–H groups in total. The number of nitrogens with zero attached hydrogens (tertiary/aromatic N) is 2. The van der Waals surface area contributed by atoms with Crippen LogP contribution in [0.4, 0.5) is 10.8 Å². The molecule has 5 heteroatoms. The predicted molar refractivity (Wildman–Crippen MR) is 107 cm³/mol. The molecule has 4 aromatic rings. The molecular formula is C21H19N3OS. The lowest BCUT2D eigenvalue weighted by atomic mass is 10.1. The molecule has 0 bridgehead atoms. The number of nitrogens with one attached hydrogen (secondary N) is 1. The first-order chi connectivity index (χ1) is 12.6. The van der Waals surface area contributed by atoms with Gasteiger partial charge in [-0.25, -0.2) is 4.98 Å². The van der Waals surface area contributed by atoms with Crippen molar-refractivity contribution in [2.24, 2.45) is 0 Å². The van der Waals surface area contributed by atoms with Crippen molar-refractivity contribution in [1.82, 2.24) is 10.1 Å². The van der Waals surface area contributed by atoms with Gasteiger partial charge < -0.3 is 9.84 Å². The van der Waals surface area contributed by atoms with E-state index in [2.05, 4.69) is 48.4 Å². The van der Waals surface area contributed by atoms with Crippen molar-refractivity contribution in [1.29, 1.82) is 0 Å². The van der Waals surface area contributed by atoms with Crippen LogP contribution in [-0.2, 0) is 0 Å². The van der Waals surface area contributed by atoms with Crippen molar-refractivity contribution in [2.75, 3.05) is 5.32 Å². The highest BCUT2D eigenvalue weighted by atomic mass is 32.1. The molecule has 2 aromatic heterocycles. The molecule has 0 aliphatic heterocycles. The molecule has 130 valence electrons. The fourth-order valence-electron chi connectivity index (χ4n) is 2.80. The second kappa shape index (κ2) is 6.77. The average Bonchev–Trinajstić information content (AvgIpc) is 3.30. The van der Waals surface area contributed by atoms with Crippen LogP contribution in [0, 0.1) is 20.8 Å². The lowest BCUT2D eigenvalue weighted by Crippen LogP contribution is -1.95. The summed E-state index contributed by atoms with van der Waals surface area (Å²) in [7, 11) is 0. The maximum absolute atomic E-state index is 5.49. The summed E-state index contributed by atoms with van der Waals surface area (Å²) in [5, 5.41) is 10.4. The maximum atomic E-state index is 5.49. The van der Waals surface area contributed by atoms with Gasteiger partial charge in [0.1, 0.15) is 11.4 Å². The molecule has 2 aromatic carbocycles. The molecule has 0 aliphatic rings. The topological polar surface area (TPSA) is 51.0 Å². The SMILES string of the molecule is Cc1cc(C)c(Nc2nc(-c3cc(-c4ccccc4)no3)cs2)cc1C. The molecule has 4 nitrogen and oxygen atoms in total. The van der Waals surface area contributed by atoms with E-state index in [4.69, 9.17) is 4.52 Å². The van der Waals surface area contributed by atoms with E-state index in [1.807, 2.05) is 41.8 Å². The van der Waals surface area contributed by atoms with Crippen LogP contribution in [0.1, 0.15) is 16.7 Å². The first-order valence-corrected chi connectivity index (χ1v) is 9.31. The molecule has 0 saturated carbocycles. The number of anilines is 2. The number of aryl methyl sites for hydroxylation is 3. The van der Waals surface area contributed by atoms with Crippen LogP contribution in [0.5, 0.6) is 0 Å². The Hall–Kier alpha value is -2.92. The Kier molecular flexibility index (Phi) is 4.31. The van der Waals surface area contributed by atoms with Crippen molar-refractivity contribution >= 4 is 22.2 Å². The van der Waals surface area contributed by atoms with Crippen LogP contribution in [0.3, 0.4) is 0 Å². The minimum atomic E-state index is 0.671. The number of benzene rings is 2. The summed E-state index contributed by atoms with van der Waals surface area (Å²) in [6.45, 7) is 6.35. The van der Waals surface area contributed by atoms with Crippen molar-refractivity contribution in [3.63, 3.8) is 0 Å². The zero-order valence-electron chi connectivity index (χ0n) is 14.9. The Balaban J connectivity index is 1.57. The summed E-state index contributed by atoms with van der Waals surface area (Å²) in [6, 6.07) is 16.3. The van der Waals surface area contributed by atoms with Gasteiger partial charge in [0.2, 0.25) is 0 Å². The average molecular weight is 361 g/mol. The van der Waals surface area contributed by atoms with Crippen LogP contribution in [0.15, 0.2) is 58.4 Å². The lowest BCUT2D eigenvalue weighted by Gasteiger charge is -2.10. The third kappa shape index (κ3) is 3.26. The fraction of sp³-hybridized carbons (Fsp3) is 0.143. The Morgan fingerprint density at radius 3 is 2.46 bits per heavy atom. The van der Waals surface area contributed by atoms with Crippen LogP contribution in [-0.4, -0.2) is 10.1 Å². The first-order valence-electron chi connectivity index (χ1n) is 8.43. The van der Waals surface area contributed by atoms with E-state index in [0.29, 0.717) is 5.76 Å². The van der Waals surface area contributed by atoms with Gasteiger partial charge in [0.15, 0.2) is 10.9 Å². The summed E-state index contributed by atoms with van der Waals surface area (Å²) in [5.41, 5.74) is 7.47. The lowest BCUT2D eigenvalue weighted by molar-refractivity contribution is 0.434. The van der Waals surface area contributed by atoms with E-state index >= 15 is 0 Å². The second-order valence-electron chi connectivity index (χ2n) is 6.36. The third-order valence-electron chi connectivity index (χ3n) is 4.42. The van der Waals surface area contributed by atoms with Gasteiger partial charge in [-0.1, -0.05) is 41.6 Å². The van der Waals surface area contributed by atoms with Crippen LogP contribution >= 0.6 is 11.3 Å². The molecule has 0 amide bonds. The molecule has 26 heavy (non-hydrogen) atoms. The predicted octanol–water partition coefficient (Wildman–Crippen LogP) is 6.13. The molecule has 4 rings (SSSR count). The zero-order chi connectivity index (χ0) is 18.1. The van der Waals surface area contributed by atoms with Gasteiger partial charge in [-0.2, -0.15) is 0 Å². The maximum Gasteiger partial charge on any atom is 0.187 e. The molecule has 0 saturated heterocycles. The molecular weight excluding hydrogens is 342 g/mol. The van der Waals surface area contributed by atoms with Crippen molar-refractivity contribution in [3.8, 4) is 22.7 Å². The number of aromatic nitrogens is 2. The third-order valence-corrected chi connectivity index (χ3v) is 5.18. The van der Waals surface area contributed by atoms with Gasteiger partial charge in [-0.15, -0.1) is 11.3 Å². The number of hydrogen-bond donors (Lipinski definition) is 1. The standard InChI is InChI=1S/C21H19N3OS/c1-13-9-15(3)17(10-14(13)2)22-21-23-19(12-26-21)20-11-18(24-25-20)16-7-5-4-6-8-16/h4-12H,1-3H3,(H,22,23). The highest BCUT2D eigenvalue weighted by Gasteiger charge is 2.12. The summed E-state index contributed by atoms with van der Waals surface area (Å²) in [4.78, 5) is 4.65. The molecule has 0 fully saturated rings. The van der Waals surface area contributed by atoms with Crippen LogP contribution < -0.4 is 5.32 Å². The number of hydrogen-bond acceptors (Lipinski definition) is 5. The first kappa shape index (κ1) is 16.5. The fourth-order valence-corrected chi connectivity index (χ4v) is 3.51. The van der Waals surface area contributed by atoms with Crippen LogP contribution in [0.25, 0.3) is 22.7 Å². The second-order valence-corrected chi connectivity index (χ2v) is 7.21. The molecule has 0 radical (unpaired) electrons. The van der Waals surface area contributed by atoms with E-state index in [1.54, 1.807) is 11.3 Å². The molecule has 0 unspecified atom stereocenters. The van der Waals surface area contributed by atoms with Gasteiger partial charge in [0.05, 0.1) is 0 Å². The monoisotopic (exact) mass is 361 g/mol. The van der Waals surface area contributed by atoms with E-state index < -0.39 is 0 Å². The molecule has 0 aliphatic carbocycles. The quantitative estimate of drug-likeness (QED) is 0.475. The summed E-state index contributed by atoms with van der Waals surface area (Å²) < 4.78 is 5.49. The van der Waals surface area contributed by atoms with E-state index in [0.717, 1.165) is 27.8 Å². The summed E-state index contributed by atoms with van der Waals surface area (Å²) >= 11 is 1.55.